The summed E-state index contributed by atoms with van der Waals surface area (Å²) in [4.78, 5) is 9.58. The van der Waals surface area contributed by atoms with Gasteiger partial charge >= 0.3 is 6.18 Å². The van der Waals surface area contributed by atoms with E-state index in [2.05, 4.69) is 15.0 Å². The molecular weight excluding hydrogens is 452 g/mol. The number of rotatable bonds is 5. The standard InChI is InChI=1S/C20H14F4N4O3S/c21-17-11(18(29)12-9-26-19-13(12)8-25-10-27-19)4-3-6-15(17)28-32(30,31)16-7-2-1-5-14(16)20(22,23)24/h1-10,18,28-29H,(H,25,26,27). The SMILES string of the molecule is O=S(=O)(Nc1cccc(C(O)c2c[nH]c3ncncc23)c1F)c1ccccc1C(F)(F)F. The molecule has 0 saturated carbocycles. The lowest BCUT2D eigenvalue weighted by atomic mass is 10.0. The minimum atomic E-state index is -4.93. The van der Waals surface area contributed by atoms with E-state index in [1.165, 1.54) is 30.9 Å². The Morgan fingerprint density at radius 1 is 1.06 bits per heavy atom. The third-order valence-corrected chi connectivity index (χ3v) is 6.16. The number of aromatic amines is 1. The number of hydrogen-bond acceptors (Lipinski definition) is 5. The molecule has 0 bridgehead atoms. The second-order valence-corrected chi connectivity index (χ2v) is 8.39. The Labute approximate surface area is 178 Å². The van der Waals surface area contributed by atoms with Crippen LogP contribution in [0.2, 0.25) is 0 Å². The molecule has 2 heterocycles. The first kappa shape index (κ1) is 21.7. The highest BCUT2D eigenvalue weighted by molar-refractivity contribution is 7.92. The number of aromatic nitrogens is 3. The number of nitrogens with zero attached hydrogens (tertiary/aromatic N) is 2. The zero-order valence-electron chi connectivity index (χ0n) is 15.9. The van der Waals surface area contributed by atoms with Gasteiger partial charge in [0.15, 0.2) is 5.82 Å². The lowest BCUT2D eigenvalue weighted by molar-refractivity contribution is -0.139. The molecule has 32 heavy (non-hydrogen) atoms. The van der Waals surface area contributed by atoms with Gasteiger partial charge in [-0.3, -0.25) is 4.72 Å². The summed E-state index contributed by atoms with van der Waals surface area (Å²) in [6.45, 7) is 0. The van der Waals surface area contributed by atoms with Crippen LogP contribution in [0.25, 0.3) is 11.0 Å². The zero-order chi connectivity index (χ0) is 23.1. The first-order valence-electron chi connectivity index (χ1n) is 9.02. The van der Waals surface area contributed by atoms with Crippen molar-refractivity contribution in [2.45, 2.75) is 17.2 Å². The summed E-state index contributed by atoms with van der Waals surface area (Å²) in [5, 5.41) is 11.1. The van der Waals surface area contributed by atoms with E-state index in [1.54, 1.807) is 0 Å². The summed E-state index contributed by atoms with van der Waals surface area (Å²) in [7, 11) is -4.80. The maximum atomic E-state index is 15.1. The van der Waals surface area contributed by atoms with Gasteiger partial charge in [-0.05, 0) is 18.2 Å². The van der Waals surface area contributed by atoms with Gasteiger partial charge in [-0.2, -0.15) is 13.2 Å². The predicted octanol–water partition coefficient (Wildman–Crippen LogP) is 4.00. The molecule has 0 aliphatic carbocycles. The molecule has 0 amide bonds. The highest BCUT2D eigenvalue weighted by Gasteiger charge is 2.37. The largest absolute Gasteiger partial charge is 0.417 e. The number of anilines is 1. The Hall–Kier alpha value is -3.51. The zero-order valence-corrected chi connectivity index (χ0v) is 16.7. The molecule has 2 aromatic heterocycles. The van der Waals surface area contributed by atoms with Crippen molar-refractivity contribution in [2.75, 3.05) is 4.72 Å². The number of fused-ring (bicyclic) bond motifs is 1. The fourth-order valence-corrected chi connectivity index (χ4v) is 4.54. The molecule has 1 atom stereocenters. The van der Waals surface area contributed by atoms with Gasteiger partial charge in [-0.1, -0.05) is 24.3 Å². The van der Waals surface area contributed by atoms with E-state index in [0.717, 1.165) is 24.3 Å². The smallest absolute Gasteiger partial charge is 0.383 e. The van der Waals surface area contributed by atoms with Crippen LogP contribution in [0, 0.1) is 5.82 Å². The Bertz CT molecular complexity index is 1400. The number of aliphatic hydroxyl groups excluding tert-OH is 1. The molecule has 7 nitrogen and oxygen atoms in total. The van der Waals surface area contributed by atoms with Crippen LogP contribution in [0.3, 0.4) is 0 Å². The predicted molar refractivity (Wildman–Crippen MR) is 107 cm³/mol. The van der Waals surface area contributed by atoms with Crippen LogP contribution in [0.1, 0.15) is 22.8 Å². The molecule has 1 unspecified atom stereocenters. The molecule has 0 aliphatic rings. The van der Waals surface area contributed by atoms with Crippen molar-refractivity contribution in [3.63, 3.8) is 0 Å². The molecule has 2 aromatic carbocycles. The van der Waals surface area contributed by atoms with E-state index in [-0.39, 0.29) is 11.1 Å². The normalized spacial score (nSPS) is 13.3. The molecule has 12 heteroatoms. The van der Waals surface area contributed by atoms with Crippen molar-refractivity contribution < 1.29 is 31.1 Å². The second kappa shape index (κ2) is 7.88. The van der Waals surface area contributed by atoms with Crippen molar-refractivity contribution in [3.05, 3.63) is 83.7 Å². The van der Waals surface area contributed by atoms with Crippen molar-refractivity contribution in [1.82, 2.24) is 15.0 Å². The molecule has 166 valence electrons. The number of alkyl halides is 3. The van der Waals surface area contributed by atoms with Gasteiger partial charge in [-0.25, -0.2) is 22.8 Å². The highest BCUT2D eigenvalue weighted by Crippen LogP contribution is 2.36. The number of hydrogen-bond donors (Lipinski definition) is 3. The van der Waals surface area contributed by atoms with E-state index in [9.17, 15) is 26.7 Å². The number of halogens is 4. The van der Waals surface area contributed by atoms with Gasteiger partial charge < -0.3 is 10.1 Å². The molecule has 3 N–H and O–H groups in total. The molecule has 0 saturated heterocycles. The maximum Gasteiger partial charge on any atom is 0.417 e. The number of aliphatic hydroxyl groups is 1. The van der Waals surface area contributed by atoms with Crippen LogP contribution >= 0.6 is 0 Å². The third-order valence-electron chi connectivity index (χ3n) is 4.73. The minimum Gasteiger partial charge on any atom is -0.383 e. The third kappa shape index (κ3) is 3.89. The molecule has 4 aromatic rings. The summed E-state index contributed by atoms with van der Waals surface area (Å²) >= 11 is 0. The topological polar surface area (TPSA) is 108 Å². The van der Waals surface area contributed by atoms with E-state index < -0.39 is 44.3 Å². The summed E-state index contributed by atoms with van der Waals surface area (Å²) in [5.41, 5.74) is -1.66. The number of H-pyrrole nitrogens is 1. The van der Waals surface area contributed by atoms with Crippen LogP contribution in [-0.4, -0.2) is 28.5 Å². The first-order valence-corrected chi connectivity index (χ1v) is 10.5. The van der Waals surface area contributed by atoms with Gasteiger partial charge in [0, 0.05) is 28.9 Å². The van der Waals surface area contributed by atoms with Crippen LogP contribution < -0.4 is 4.72 Å². The van der Waals surface area contributed by atoms with Crippen molar-refractivity contribution in [1.29, 1.82) is 0 Å². The highest BCUT2D eigenvalue weighted by atomic mass is 32.2. The summed E-state index contributed by atoms with van der Waals surface area (Å²) in [5.74, 6) is -1.14. The van der Waals surface area contributed by atoms with E-state index in [1.807, 2.05) is 4.72 Å². The fraction of sp³-hybridized carbons (Fsp3) is 0.100. The molecule has 0 spiro atoms. The van der Waals surface area contributed by atoms with E-state index >= 15 is 4.39 Å². The second-order valence-electron chi connectivity index (χ2n) is 6.74. The Morgan fingerprint density at radius 3 is 2.56 bits per heavy atom. The number of benzene rings is 2. The van der Waals surface area contributed by atoms with E-state index in [0.29, 0.717) is 17.1 Å². The average Bonchev–Trinajstić information content (AvgIpc) is 3.18. The van der Waals surface area contributed by atoms with Crippen LogP contribution in [0.15, 0.2) is 66.1 Å². The quantitative estimate of drug-likeness (QED) is 0.386. The lowest BCUT2D eigenvalue weighted by Crippen LogP contribution is -2.20. The van der Waals surface area contributed by atoms with Gasteiger partial charge in [0.2, 0.25) is 0 Å². The molecular formula is C20H14F4N4O3S. The van der Waals surface area contributed by atoms with E-state index in [4.69, 9.17) is 0 Å². The van der Waals surface area contributed by atoms with Crippen molar-refractivity contribution in [3.8, 4) is 0 Å². The summed E-state index contributed by atoms with van der Waals surface area (Å²) in [6, 6.07) is 7.09. The number of sulfonamides is 1. The van der Waals surface area contributed by atoms with Crippen LogP contribution in [0.4, 0.5) is 23.2 Å². The van der Waals surface area contributed by atoms with Crippen LogP contribution in [-0.2, 0) is 16.2 Å². The molecule has 0 aliphatic heterocycles. The Kier molecular flexibility index (Phi) is 5.34. The maximum absolute atomic E-state index is 15.1. The van der Waals surface area contributed by atoms with Crippen molar-refractivity contribution >= 4 is 26.7 Å². The van der Waals surface area contributed by atoms with Gasteiger partial charge in [-0.15, -0.1) is 0 Å². The summed E-state index contributed by atoms with van der Waals surface area (Å²) in [6.07, 6.45) is -2.36. The average molecular weight is 466 g/mol. The first-order chi connectivity index (χ1) is 15.1. The minimum absolute atomic E-state index is 0.238. The Morgan fingerprint density at radius 2 is 1.81 bits per heavy atom. The molecule has 4 rings (SSSR count). The fourth-order valence-electron chi connectivity index (χ4n) is 3.25. The monoisotopic (exact) mass is 466 g/mol. The molecule has 0 fully saturated rings. The summed E-state index contributed by atoms with van der Waals surface area (Å²) < 4.78 is 82.0. The van der Waals surface area contributed by atoms with Crippen molar-refractivity contribution in [2.24, 2.45) is 0 Å². The van der Waals surface area contributed by atoms with Gasteiger partial charge in [0.1, 0.15) is 18.1 Å². The number of nitrogens with one attached hydrogen (secondary N) is 2. The van der Waals surface area contributed by atoms with Crippen LogP contribution in [0.5, 0.6) is 0 Å². The van der Waals surface area contributed by atoms with Gasteiger partial charge in [0.05, 0.1) is 16.1 Å². The Balaban J connectivity index is 1.72. The lowest BCUT2D eigenvalue weighted by Gasteiger charge is -2.17. The van der Waals surface area contributed by atoms with Gasteiger partial charge in [0.25, 0.3) is 10.0 Å². The molecule has 0 radical (unpaired) electrons.